The molecule has 1 unspecified atom stereocenters. The normalized spacial score (nSPS) is 12.4. The van der Waals surface area contributed by atoms with Crippen LogP contribution in [0.25, 0.3) is 0 Å². The highest BCUT2D eigenvalue weighted by Gasteiger charge is 2.15. The molecule has 0 saturated carbocycles. The van der Waals surface area contributed by atoms with Gasteiger partial charge in [-0.2, -0.15) is 0 Å². The molecular formula is C17H17Cl2F. The maximum absolute atomic E-state index is 13.8. The molecule has 106 valence electrons. The summed E-state index contributed by atoms with van der Waals surface area (Å²) < 4.78 is 13.8. The topological polar surface area (TPSA) is 0 Å². The van der Waals surface area contributed by atoms with Crippen LogP contribution in [0.2, 0.25) is 5.02 Å². The lowest BCUT2D eigenvalue weighted by Crippen LogP contribution is -2.11. The molecule has 2 rings (SSSR count). The molecule has 2 aromatic rings. The Kier molecular flexibility index (Phi) is 5.45. The molecule has 0 N–H and O–H groups in total. The van der Waals surface area contributed by atoms with Gasteiger partial charge in [-0.3, -0.25) is 0 Å². The largest absolute Gasteiger partial charge is 0.207 e. The fraction of sp³-hybridized carbons (Fsp3) is 0.294. The van der Waals surface area contributed by atoms with Crippen LogP contribution < -0.4 is 0 Å². The van der Waals surface area contributed by atoms with Crippen LogP contribution in [-0.2, 0) is 12.8 Å². The van der Waals surface area contributed by atoms with Gasteiger partial charge in [0.15, 0.2) is 0 Å². The van der Waals surface area contributed by atoms with Gasteiger partial charge >= 0.3 is 0 Å². The lowest BCUT2D eigenvalue weighted by Gasteiger charge is -2.15. The summed E-state index contributed by atoms with van der Waals surface area (Å²) in [6.45, 7) is 2.06. The summed E-state index contributed by atoms with van der Waals surface area (Å²) in [4.78, 5) is 0. The highest BCUT2D eigenvalue weighted by molar-refractivity contribution is 6.31. The van der Waals surface area contributed by atoms with Gasteiger partial charge < -0.3 is 0 Å². The van der Waals surface area contributed by atoms with Gasteiger partial charge in [0.2, 0.25) is 0 Å². The molecule has 0 amide bonds. The second-order valence-corrected chi connectivity index (χ2v) is 5.83. The molecule has 0 aliphatic rings. The minimum atomic E-state index is -0.253. The molecule has 0 saturated heterocycles. The quantitative estimate of drug-likeness (QED) is 0.646. The van der Waals surface area contributed by atoms with E-state index in [9.17, 15) is 4.39 Å². The fourth-order valence-electron chi connectivity index (χ4n) is 2.25. The molecule has 0 fully saturated rings. The molecule has 2 aromatic carbocycles. The van der Waals surface area contributed by atoms with Crippen LogP contribution in [-0.4, -0.2) is 5.88 Å². The van der Waals surface area contributed by atoms with E-state index in [1.807, 2.05) is 0 Å². The standard InChI is InChI=1S/C17H17Cl2F/c1-12-5-7-13(8-6-12)9-14(11-18)10-15-16(19)3-2-4-17(15)20/h2-8,14H,9-11H2,1H3. The van der Waals surface area contributed by atoms with E-state index >= 15 is 0 Å². The first kappa shape index (κ1) is 15.3. The zero-order chi connectivity index (χ0) is 14.5. The summed E-state index contributed by atoms with van der Waals surface area (Å²) in [6.07, 6.45) is 1.39. The van der Waals surface area contributed by atoms with Crippen LogP contribution in [0.3, 0.4) is 0 Å². The van der Waals surface area contributed by atoms with Crippen LogP contribution in [0, 0.1) is 18.7 Å². The van der Waals surface area contributed by atoms with Crippen molar-refractivity contribution in [2.45, 2.75) is 19.8 Å². The van der Waals surface area contributed by atoms with E-state index in [1.165, 1.54) is 17.2 Å². The molecule has 0 radical (unpaired) electrons. The van der Waals surface area contributed by atoms with E-state index in [2.05, 4.69) is 31.2 Å². The summed E-state index contributed by atoms with van der Waals surface area (Å²) in [5.74, 6) is 0.406. The smallest absolute Gasteiger partial charge is 0.127 e. The van der Waals surface area contributed by atoms with Gasteiger partial charge in [-0.15, -0.1) is 11.6 Å². The van der Waals surface area contributed by atoms with Crippen molar-refractivity contribution in [3.63, 3.8) is 0 Å². The summed E-state index contributed by atoms with van der Waals surface area (Å²) in [5.41, 5.74) is 3.01. The van der Waals surface area contributed by atoms with Crippen molar-refractivity contribution >= 4 is 23.2 Å². The summed E-state index contributed by atoms with van der Waals surface area (Å²) in [6, 6.07) is 13.1. The van der Waals surface area contributed by atoms with Gasteiger partial charge in [-0.05, 0) is 43.4 Å². The summed E-state index contributed by atoms with van der Waals surface area (Å²) in [5, 5.41) is 0.476. The average Bonchev–Trinajstić information content (AvgIpc) is 2.44. The maximum atomic E-state index is 13.8. The molecule has 0 aliphatic carbocycles. The predicted molar refractivity (Wildman–Crippen MR) is 84.2 cm³/mol. The average molecular weight is 311 g/mol. The summed E-state index contributed by atoms with van der Waals surface area (Å²) in [7, 11) is 0. The van der Waals surface area contributed by atoms with Crippen LogP contribution in [0.15, 0.2) is 42.5 Å². The molecule has 0 spiro atoms. The summed E-state index contributed by atoms with van der Waals surface area (Å²) >= 11 is 12.1. The Morgan fingerprint density at radius 1 is 1.05 bits per heavy atom. The molecule has 0 heterocycles. The molecule has 3 heteroatoms. The SMILES string of the molecule is Cc1ccc(CC(CCl)Cc2c(F)cccc2Cl)cc1. The monoisotopic (exact) mass is 310 g/mol. The van der Waals surface area contributed by atoms with Gasteiger partial charge in [0.1, 0.15) is 5.82 Å². The van der Waals surface area contributed by atoms with Crippen LogP contribution in [0.1, 0.15) is 16.7 Å². The van der Waals surface area contributed by atoms with Crippen molar-refractivity contribution in [1.82, 2.24) is 0 Å². The Hall–Kier alpha value is -1.05. The first-order valence-electron chi connectivity index (χ1n) is 6.64. The lowest BCUT2D eigenvalue weighted by atomic mass is 9.93. The molecule has 0 nitrogen and oxygen atoms in total. The molecule has 0 bridgehead atoms. The van der Waals surface area contributed by atoms with Crippen molar-refractivity contribution in [1.29, 1.82) is 0 Å². The first-order valence-corrected chi connectivity index (χ1v) is 7.55. The number of hydrogen-bond acceptors (Lipinski definition) is 0. The molecule has 0 aliphatic heterocycles. The van der Waals surface area contributed by atoms with Crippen LogP contribution >= 0.6 is 23.2 Å². The molecule has 20 heavy (non-hydrogen) atoms. The minimum absolute atomic E-state index is 0.175. The van der Waals surface area contributed by atoms with Gasteiger partial charge in [0.25, 0.3) is 0 Å². The zero-order valence-corrected chi connectivity index (χ0v) is 12.9. The van der Waals surface area contributed by atoms with Gasteiger partial charge in [0, 0.05) is 16.5 Å². The Labute approximate surface area is 129 Å². The van der Waals surface area contributed by atoms with Gasteiger partial charge in [0.05, 0.1) is 0 Å². The third kappa shape index (κ3) is 3.97. The minimum Gasteiger partial charge on any atom is -0.207 e. The van der Waals surface area contributed by atoms with E-state index in [4.69, 9.17) is 23.2 Å². The number of halogens is 3. The number of rotatable bonds is 5. The molecule has 1 atom stereocenters. The Bertz CT molecular complexity index is 543. The number of benzene rings is 2. The first-order chi connectivity index (χ1) is 9.60. The van der Waals surface area contributed by atoms with Crippen molar-refractivity contribution in [3.05, 3.63) is 70.0 Å². The lowest BCUT2D eigenvalue weighted by molar-refractivity contribution is 0.546. The van der Waals surface area contributed by atoms with E-state index < -0.39 is 0 Å². The van der Waals surface area contributed by atoms with Crippen molar-refractivity contribution < 1.29 is 4.39 Å². The maximum Gasteiger partial charge on any atom is 0.127 e. The van der Waals surface area contributed by atoms with Crippen molar-refractivity contribution in [2.75, 3.05) is 5.88 Å². The van der Waals surface area contributed by atoms with E-state index in [1.54, 1.807) is 12.1 Å². The number of alkyl halides is 1. The third-order valence-electron chi connectivity index (χ3n) is 3.42. The highest BCUT2D eigenvalue weighted by Crippen LogP contribution is 2.24. The number of hydrogen-bond donors (Lipinski definition) is 0. The Morgan fingerprint density at radius 2 is 1.75 bits per heavy atom. The van der Waals surface area contributed by atoms with Gasteiger partial charge in [-0.1, -0.05) is 47.5 Å². The fourth-order valence-corrected chi connectivity index (χ4v) is 2.71. The third-order valence-corrected chi connectivity index (χ3v) is 4.21. The highest BCUT2D eigenvalue weighted by atomic mass is 35.5. The van der Waals surface area contributed by atoms with Gasteiger partial charge in [-0.25, -0.2) is 4.39 Å². The molecular weight excluding hydrogens is 294 g/mol. The number of aryl methyl sites for hydroxylation is 1. The second kappa shape index (κ2) is 7.10. The van der Waals surface area contributed by atoms with E-state index in [0.29, 0.717) is 22.9 Å². The Morgan fingerprint density at radius 3 is 2.35 bits per heavy atom. The van der Waals surface area contributed by atoms with Crippen LogP contribution in [0.4, 0.5) is 4.39 Å². The van der Waals surface area contributed by atoms with E-state index in [0.717, 1.165) is 6.42 Å². The zero-order valence-electron chi connectivity index (χ0n) is 11.4. The predicted octanol–water partition coefficient (Wildman–Crippen LogP) is 5.43. The van der Waals surface area contributed by atoms with E-state index in [-0.39, 0.29) is 11.7 Å². The second-order valence-electron chi connectivity index (χ2n) is 5.11. The van der Waals surface area contributed by atoms with Crippen molar-refractivity contribution in [3.8, 4) is 0 Å². The molecule has 0 aromatic heterocycles. The Balaban J connectivity index is 2.11. The van der Waals surface area contributed by atoms with Crippen LogP contribution in [0.5, 0.6) is 0 Å². The van der Waals surface area contributed by atoms with Crippen molar-refractivity contribution in [2.24, 2.45) is 5.92 Å².